The van der Waals surface area contributed by atoms with Crippen molar-refractivity contribution in [2.24, 2.45) is 0 Å². The van der Waals surface area contributed by atoms with E-state index >= 15 is 0 Å². The molecule has 3 nitrogen and oxygen atoms in total. The molecule has 0 aliphatic heterocycles. The van der Waals surface area contributed by atoms with E-state index in [9.17, 15) is 18.0 Å². The van der Waals surface area contributed by atoms with Gasteiger partial charge in [0.05, 0.1) is 0 Å². The van der Waals surface area contributed by atoms with Crippen LogP contribution < -0.4 is 5.32 Å². The summed E-state index contributed by atoms with van der Waals surface area (Å²) in [5, 5.41) is 2.51. The summed E-state index contributed by atoms with van der Waals surface area (Å²) in [6.07, 6.45) is -0.176. The number of nitrogens with zero attached hydrogens (tertiary/aromatic N) is 1. The van der Waals surface area contributed by atoms with E-state index < -0.39 is 12.7 Å². The lowest BCUT2D eigenvalue weighted by Gasteiger charge is -2.16. The smallest absolute Gasteiger partial charge is 0.372 e. The second-order valence-electron chi connectivity index (χ2n) is 3.62. The molecule has 1 amide bonds. The molecule has 0 aliphatic carbocycles. The van der Waals surface area contributed by atoms with Crippen LogP contribution in [0.1, 0.15) is 20.3 Å². The second-order valence-corrected chi connectivity index (χ2v) is 3.62. The second kappa shape index (κ2) is 6.98. The van der Waals surface area contributed by atoms with Crippen molar-refractivity contribution in [3.05, 3.63) is 23.5 Å². The molecule has 17 heavy (non-hydrogen) atoms. The fourth-order valence-electron chi connectivity index (χ4n) is 1.24. The monoisotopic (exact) mass is 250 g/mol. The molecular formula is C11H17F3N2O. The van der Waals surface area contributed by atoms with Gasteiger partial charge >= 0.3 is 6.18 Å². The number of alkyl halides is 3. The highest BCUT2D eigenvalue weighted by Gasteiger charge is 2.28. The Morgan fingerprint density at radius 1 is 1.41 bits per heavy atom. The van der Waals surface area contributed by atoms with Gasteiger partial charge in [-0.25, -0.2) is 0 Å². The minimum Gasteiger partial charge on any atom is -0.372 e. The summed E-state index contributed by atoms with van der Waals surface area (Å²) in [4.78, 5) is 11.3. The molecule has 0 rings (SSSR count). The number of allylic oxidation sites excluding steroid dienone is 3. The van der Waals surface area contributed by atoms with Gasteiger partial charge in [-0.1, -0.05) is 6.92 Å². The van der Waals surface area contributed by atoms with Crippen molar-refractivity contribution in [2.75, 3.05) is 13.6 Å². The summed E-state index contributed by atoms with van der Waals surface area (Å²) in [6, 6.07) is 0. The largest absolute Gasteiger partial charge is 0.405 e. The molecule has 0 aromatic rings. The van der Waals surface area contributed by atoms with Crippen molar-refractivity contribution in [3.63, 3.8) is 0 Å². The van der Waals surface area contributed by atoms with Crippen molar-refractivity contribution in [1.82, 2.24) is 10.2 Å². The average molecular weight is 250 g/mol. The van der Waals surface area contributed by atoms with Gasteiger partial charge in [-0.15, -0.1) is 0 Å². The molecule has 6 heteroatoms. The molecule has 0 radical (unpaired) electrons. The van der Waals surface area contributed by atoms with E-state index in [1.165, 1.54) is 13.2 Å². The Hall–Kier alpha value is -1.46. The van der Waals surface area contributed by atoms with Crippen LogP contribution in [0.4, 0.5) is 13.2 Å². The van der Waals surface area contributed by atoms with E-state index in [-0.39, 0.29) is 0 Å². The molecule has 1 N–H and O–H groups in total. The van der Waals surface area contributed by atoms with Crippen molar-refractivity contribution in [3.8, 4) is 0 Å². The zero-order valence-corrected chi connectivity index (χ0v) is 10.1. The Kier molecular flexibility index (Phi) is 6.38. The topological polar surface area (TPSA) is 32.3 Å². The van der Waals surface area contributed by atoms with Crippen molar-refractivity contribution >= 4 is 6.41 Å². The van der Waals surface area contributed by atoms with Gasteiger partial charge in [-0.3, -0.25) is 4.79 Å². The fraction of sp³-hybridized carbons (Fsp3) is 0.545. The van der Waals surface area contributed by atoms with Gasteiger partial charge in [0.1, 0.15) is 6.54 Å². The molecule has 98 valence electrons. The van der Waals surface area contributed by atoms with Gasteiger partial charge in [-0.2, -0.15) is 13.2 Å². The Labute approximate surface area is 99.0 Å². The van der Waals surface area contributed by atoms with Crippen molar-refractivity contribution < 1.29 is 18.0 Å². The zero-order chi connectivity index (χ0) is 13.5. The molecular weight excluding hydrogens is 233 g/mol. The fourth-order valence-corrected chi connectivity index (χ4v) is 1.24. The predicted molar refractivity (Wildman–Crippen MR) is 60.0 cm³/mol. The first-order valence-corrected chi connectivity index (χ1v) is 5.15. The maximum atomic E-state index is 12.0. The quantitative estimate of drug-likeness (QED) is 0.580. The number of carbonyl (C=O) groups excluding carboxylic acids is 1. The number of amides is 1. The minimum absolute atomic E-state index is 0.551. The standard InChI is InChI=1S/C11H17F3N2O/c1-4-10(15-8-17)9(2)5-6-16(3)7-11(12,13)14/h5-6,8H,4,7H2,1-3H3,(H,15,17)/b6-5-,10-9-. The van der Waals surface area contributed by atoms with Crippen molar-refractivity contribution in [2.45, 2.75) is 26.4 Å². The number of nitrogens with one attached hydrogen (secondary N) is 1. The van der Waals surface area contributed by atoms with E-state index in [2.05, 4.69) is 5.32 Å². The van der Waals surface area contributed by atoms with Crippen molar-refractivity contribution in [1.29, 1.82) is 0 Å². The minimum atomic E-state index is -4.22. The first-order chi connectivity index (χ1) is 7.80. The molecule has 0 fully saturated rings. The Bertz CT molecular complexity index is 308. The first-order valence-electron chi connectivity index (χ1n) is 5.15. The summed E-state index contributed by atoms with van der Waals surface area (Å²) in [5.74, 6) is 0. The molecule has 0 atom stereocenters. The van der Waals surface area contributed by atoms with Crippen LogP contribution in [-0.4, -0.2) is 31.1 Å². The van der Waals surface area contributed by atoms with Gasteiger partial charge in [0.2, 0.25) is 6.41 Å². The molecule has 0 aliphatic rings. The summed E-state index contributed by atoms with van der Waals surface area (Å²) >= 11 is 0. The van der Waals surface area contributed by atoms with Crippen LogP contribution in [0.5, 0.6) is 0 Å². The number of halogens is 3. The Balaban J connectivity index is 4.54. The highest BCUT2D eigenvalue weighted by Crippen LogP contribution is 2.16. The predicted octanol–water partition coefficient (Wildman–Crippen LogP) is 2.42. The SMILES string of the molecule is CC/C(NC=O)=C(C)/C=C\N(C)CC(F)(F)F. The van der Waals surface area contributed by atoms with Gasteiger partial charge in [0.25, 0.3) is 0 Å². The maximum Gasteiger partial charge on any atom is 0.405 e. The lowest BCUT2D eigenvalue weighted by Crippen LogP contribution is -2.27. The number of rotatable bonds is 6. The van der Waals surface area contributed by atoms with E-state index in [4.69, 9.17) is 0 Å². The third-order valence-corrected chi connectivity index (χ3v) is 2.07. The van der Waals surface area contributed by atoms with Crippen LogP contribution in [0.15, 0.2) is 23.5 Å². The maximum absolute atomic E-state index is 12.0. The summed E-state index contributed by atoms with van der Waals surface area (Å²) < 4.78 is 36.1. The van der Waals surface area contributed by atoms with Crippen LogP contribution in [0.25, 0.3) is 0 Å². The average Bonchev–Trinajstić information content (AvgIpc) is 2.20. The van der Waals surface area contributed by atoms with Gasteiger partial charge in [0.15, 0.2) is 0 Å². The normalized spacial score (nSPS) is 13.5. The molecule has 0 spiro atoms. The van der Waals surface area contributed by atoms with Crippen LogP contribution in [-0.2, 0) is 4.79 Å². The molecule has 0 bridgehead atoms. The third kappa shape index (κ3) is 7.43. The number of hydrogen-bond donors (Lipinski definition) is 1. The van der Waals surface area contributed by atoms with E-state index in [1.807, 2.05) is 6.92 Å². The Morgan fingerprint density at radius 2 is 2.00 bits per heavy atom. The molecule has 0 aromatic carbocycles. The molecule has 0 unspecified atom stereocenters. The van der Waals surface area contributed by atoms with Gasteiger partial charge < -0.3 is 10.2 Å². The van der Waals surface area contributed by atoms with Gasteiger partial charge in [-0.05, 0) is 31.2 Å². The van der Waals surface area contributed by atoms with Crippen LogP contribution in [0, 0.1) is 0 Å². The van der Waals surface area contributed by atoms with Crippen LogP contribution in [0.2, 0.25) is 0 Å². The van der Waals surface area contributed by atoms with Gasteiger partial charge in [0, 0.05) is 12.7 Å². The summed E-state index contributed by atoms with van der Waals surface area (Å²) in [7, 11) is 1.34. The lowest BCUT2D eigenvalue weighted by molar-refractivity contribution is -0.138. The lowest BCUT2D eigenvalue weighted by atomic mass is 10.2. The van der Waals surface area contributed by atoms with Crippen LogP contribution >= 0.6 is 0 Å². The number of hydrogen-bond acceptors (Lipinski definition) is 2. The summed E-state index contributed by atoms with van der Waals surface area (Å²) in [5.41, 5.74) is 1.42. The highest BCUT2D eigenvalue weighted by atomic mass is 19.4. The zero-order valence-electron chi connectivity index (χ0n) is 10.1. The number of carbonyl (C=O) groups is 1. The highest BCUT2D eigenvalue weighted by molar-refractivity contribution is 5.51. The molecule has 0 aromatic heterocycles. The van der Waals surface area contributed by atoms with E-state index in [0.29, 0.717) is 18.5 Å². The molecule has 0 saturated carbocycles. The van der Waals surface area contributed by atoms with E-state index in [1.54, 1.807) is 13.0 Å². The van der Waals surface area contributed by atoms with E-state index in [0.717, 1.165) is 10.5 Å². The molecule has 0 saturated heterocycles. The first kappa shape index (κ1) is 15.5. The van der Waals surface area contributed by atoms with Crippen LogP contribution in [0.3, 0.4) is 0 Å². The third-order valence-electron chi connectivity index (χ3n) is 2.07. The molecule has 0 heterocycles. The Morgan fingerprint density at radius 3 is 2.41 bits per heavy atom. The summed E-state index contributed by atoms with van der Waals surface area (Å²) in [6.45, 7) is 2.58.